The summed E-state index contributed by atoms with van der Waals surface area (Å²) in [5.41, 5.74) is 2.32. The SMILES string of the molecule is CCCC(CCO)CNCc1nn(CC)c2ccccc12. The standard InChI is InChI=1S/C17H27N3O/c1-3-7-14(10-11-21)12-18-13-16-15-8-5-6-9-17(15)20(4-2)19-16/h5-6,8-9,14,18,21H,3-4,7,10-13H2,1-2H3. The van der Waals surface area contributed by atoms with Crippen LogP contribution in [-0.2, 0) is 13.1 Å². The van der Waals surface area contributed by atoms with E-state index in [4.69, 9.17) is 10.2 Å². The number of aliphatic hydroxyl groups excluding tert-OH is 1. The minimum absolute atomic E-state index is 0.278. The summed E-state index contributed by atoms with van der Waals surface area (Å²) in [6, 6.07) is 8.40. The molecule has 2 rings (SSSR count). The van der Waals surface area contributed by atoms with Gasteiger partial charge in [0, 0.05) is 25.1 Å². The van der Waals surface area contributed by atoms with Gasteiger partial charge in [0.05, 0.1) is 11.2 Å². The fourth-order valence-corrected chi connectivity index (χ4v) is 2.90. The molecule has 1 unspecified atom stereocenters. The molecule has 4 nitrogen and oxygen atoms in total. The Morgan fingerprint density at radius 1 is 1.24 bits per heavy atom. The maximum atomic E-state index is 9.11. The second-order valence-corrected chi connectivity index (χ2v) is 5.58. The molecule has 0 spiro atoms. The lowest BCUT2D eigenvalue weighted by Gasteiger charge is -2.15. The molecule has 0 amide bonds. The van der Waals surface area contributed by atoms with Gasteiger partial charge in [0.2, 0.25) is 0 Å². The van der Waals surface area contributed by atoms with E-state index < -0.39 is 0 Å². The van der Waals surface area contributed by atoms with Gasteiger partial charge in [0.15, 0.2) is 0 Å². The van der Waals surface area contributed by atoms with Crippen molar-refractivity contribution in [1.82, 2.24) is 15.1 Å². The van der Waals surface area contributed by atoms with E-state index in [1.54, 1.807) is 0 Å². The molecule has 0 aliphatic carbocycles. The van der Waals surface area contributed by atoms with Crippen molar-refractivity contribution in [2.45, 2.75) is 46.2 Å². The van der Waals surface area contributed by atoms with Gasteiger partial charge in [-0.2, -0.15) is 5.10 Å². The van der Waals surface area contributed by atoms with E-state index in [0.29, 0.717) is 5.92 Å². The number of hydrogen-bond acceptors (Lipinski definition) is 3. The molecule has 4 heteroatoms. The molecule has 2 N–H and O–H groups in total. The Kier molecular flexibility index (Phi) is 6.21. The molecular weight excluding hydrogens is 262 g/mol. The Hall–Kier alpha value is -1.39. The second-order valence-electron chi connectivity index (χ2n) is 5.58. The van der Waals surface area contributed by atoms with Gasteiger partial charge in [-0.25, -0.2) is 0 Å². The minimum atomic E-state index is 0.278. The molecule has 1 aromatic carbocycles. The van der Waals surface area contributed by atoms with Crippen LogP contribution in [0.25, 0.3) is 10.9 Å². The lowest BCUT2D eigenvalue weighted by molar-refractivity contribution is 0.248. The molecule has 1 atom stereocenters. The topological polar surface area (TPSA) is 50.1 Å². The maximum absolute atomic E-state index is 9.11. The first-order valence-corrected chi connectivity index (χ1v) is 8.06. The Morgan fingerprint density at radius 2 is 2.05 bits per heavy atom. The van der Waals surface area contributed by atoms with Gasteiger partial charge in [-0.1, -0.05) is 31.5 Å². The van der Waals surface area contributed by atoms with Crippen molar-refractivity contribution in [2.75, 3.05) is 13.2 Å². The van der Waals surface area contributed by atoms with Crippen LogP contribution in [0.2, 0.25) is 0 Å². The average Bonchev–Trinajstić information content (AvgIpc) is 2.86. The van der Waals surface area contributed by atoms with E-state index in [1.807, 2.05) is 0 Å². The van der Waals surface area contributed by atoms with Gasteiger partial charge in [-0.05, 0) is 38.3 Å². The van der Waals surface area contributed by atoms with E-state index in [-0.39, 0.29) is 6.61 Å². The van der Waals surface area contributed by atoms with Crippen molar-refractivity contribution in [2.24, 2.45) is 5.92 Å². The summed E-state index contributed by atoms with van der Waals surface area (Å²) in [7, 11) is 0. The van der Waals surface area contributed by atoms with Gasteiger partial charge in [-0.15, -0.1) is 0 Å². The summed E-state index contributed by atoms with van der Waals surface area (Å²) in [4.78, 5) is 0. The van der Waals surface area contributed by atoms with Gasteiger partial charge < -0.3 is 10.4 Å². The highest BCUT2D eigenvalue weighted by atomic mass is 16.3. The van der Waals surface area contributed by atoms with Gasteiger partial charge in [0.1, 0.15) is 0 Å². The number of aryl methyl sites for hydroxylation is 1. The zero-order valence-corrected chi connectivity index (χ0v) is 13.2. The third-order valence-electron chi connectivity index (χ3n) is 3.99. The van der Waals surface area contributed by atoms with Crippen LogP contribution in [0.1, 0.15) is 38.8 Å². The summed E-state index contributed by atoms with van der Waals surface area (Å²) in [5, 5.41) is 18.6. The summed E-state index contributed by atoms with van der Waals surface area (Å²) in [5.74, 6) is 0.555. The number of aliphatic hydroxyl groups is 1. The van der Waals surface area contributed by atoms with Gasteiger partial charge in [-0.3, -0.25) is 4.68 Å². The number of hydrogen-bond donors (Lipinski definition) is 2. The number of rotatable bonds is 9. The summed E-state index contributed by atoms with van der Waals surface area (Å²) in [6.07, 6.45) is 3.21. The molecule has 21 heavy (non-hydrogen) atoms. The van der Waals surface area contributed by atoms with Crippen molar-refractivity contribution in [3.8, 4) is 0 Å². The predicted molar refractivity (Wildman–Crippen MR) is 87.2 cm³/mol. The first-order chi connectivity index (χ1) is 10.3. The quantitative estimate of drug-likeness (QED) is 0.746. The Balaban J connectivity index is 2.00. The smallest absolute Gasteiger partial charge is 0.0841 e. The molecule has 116 valence electrons. The molecule has 0 aliphatic heterocycles. The number of nitrogens with one attached hydrogen (secondary N) is 1. The molecule has 2 aromatic rings. The van der Waals surface area contributed by atoms with Crippen LogP contribution < -0.4 is 5.32 Å². The van der Waals surface area contributed by atoms with Crippen molar-refractivity contribution in [3.05, 3.63) is 30.0 Å². The van der Waals surface area contributed by atoms with Crippen LogP contribution in [0.3, 0.4) is 0 Å². The summed E-state index contributed by atoms with van der Waals surface area (Å²) in [6.45, 7) is 7.22. The van der Waals surface area contributed by atoms with Gasteiger partial charge in [0.25, 0.3) is 0 Å². The molecule has 0 bridgehead atoms. The van der Waals surface area contributed by atoms with Crippen molar-refractivity contribution in [1.29, 1.82) is 0 Å². The molecule has 0 radical (unpaired) electrons. The van der Waals surface area contributed by atoms with Crippen LogP contribution >= 0.6 is 0 Å². The monoisotopic (exact) mass is 289 g/mol. The second kappa shape index (κ2) is 8.15. The Labute approximate surface area is 127 Å². The Morgan fingerprint density at radius 3 is 2.76 bits per heavy atom. The van der Waals surface area contributed by atoms with E-state index in [1.165, 1.54) is 17.3 Å². The zero-order valence-electron chi connectivity index (χ0n) is 13.2. The third kappa shape index (κ3) is 4.05. The number of nitrogens with zero attached hydrogens (tertiary/aromatic N) is 2. The van der Waals surface area contributed by atoms with E-state index >= 15 is 0 Å². The number of para-hydroxylation sites is 1. The average molecular weight is 289 g/mol. The fourth-order valence-electron chi connectivity index (χ4n) is 2.90. The van der Waals surface area contributed by atoms with Crippen LogP contribution in [0, 0.1) is 5.92 Å². The molecule has 0 fully saturated rings. The largest absolute Gasteiger partial charge is 0.396 e. The number of benzene rings is 1. The molecule has 0 saturated heterocycles. The Bertz CT molecular complexity index is 544. The van der Waals surface area contributed by atoms with Gasteiger partial charge >= 0.3 is 0 Å². The molecule has 0 aliphatic rings. The summed E-state index contributed by atoms with van der Waals surface area (Å²) < 4.78 is 2.06. The van der Waals surface area contributed by atoms with Crippen LogP contribution in [0.15, 0.2) is 24.3 Å². The summed E-state index contributed by atoms with van der Waals surface area (Å²) >= 11 is 0. The fraction of sp³-hybridized carbons (Fsp3) is 0.588. The van der Waals surface area contributed by atoms with E-state index in [9.17, 15) is 0 Å². The lowest BCUT2D eigenvalue weighted by Crippen LogP contribution is -2.23. The highest BCUT2D eigenvalue weighted by Gasteiger charge is 2.10. The zero-order chi connectivity index (χ0) is 15.1. The molecule has 1 aromatic heterocycles. The molecular formula is C17H27N3O. The van der Waals surface area contributed by atoms with E-state index in [2.05, 4.69) is 48.1 Å². The molecule has 1 heterocycles. The number of aromatic nitrogens is 2. The molecule has 0 saturated carbocycles. The van der Waals surface area contributed by atoms with E-state index in [0.717, 1.165) is 38.2 Å². The van der Waals surface area contributed by atoms with Crippen LogP contribution in [0.4, 0.5) is 0 Å². The minimum Gasteiger partial charge on any atom is -0.396 e. The highest BCUT2D eigenvalue weighted by Crippen LogP contribution is 2.18. The third-order valence-corrected chi connectivity index (χ3v) is 3.99. The normalized spacial score (nSPS) is 12.9. The number of fused-ring (bicyclic) bond motifs is 1. The first kappa shape index (κ1) is 16.0. The van der Waals surface area contributed by atoms with Crippen molar-refractivity contribution < 1.29 is 5.11 Å². The lowest BCUT2D eigenvalue weighted by atomic mass is 10.0. The predicted octanol–water partition coefficient (Wildman–Crippen LogP) is 2.94. The highest BCUT2D eigenvalue weighted by molar-refractivity contribution is 5.81. The van der Waals surface area contributed by atoms with Crippen LogP contribution in [0.5, 0.6) is 0 Å². The maximum Gasteiger partial charge on any atom is 0.0841 e. The van der Waals surface area contributed by atoms with Crippen molar-refractivity contribution in [3.63, 3.8) is 0 Å². The van der Waals surface area contributed by atoms with Crippen LogP contribution in [-0.4, -0.2) is 28.0 Å². The first-order valence-electron chi connectivity index (χ1n) is 8.06. The van der Waals surface area contributed by atoms with Crippen molar-refractivity contribution >= 4 is 10.9 Å².